The van der Waals surface area contributed by atoms with Crippen LogP contribution < -0.4 is 10.6 Å². The molecule has 1 aromatic carbocycles. The van der Waals surface area contributed by atoms with Gasteiger partial charge in [-0.1, -0.05) is 18.6 Å². The minimum absolute atomic E-state index is 0.0430. The molecule has 0 radical (unpaired) electrons. The fourth-order valence-electron chi connectivity index (χ4n) is 2.52. The zero-order valence-corrected chi connectivity index (χ0v) is 11.6. The SMILES string of the molecule is Cc1ccc(O)c(C(=O)NCC2CCNCC2C)c1. The molecule has 0 bridgehead atoms. The molecule has 2 unspecified atom stereocenters. The minimum atomic E-state index is -0.188. The van der Waals surface area contributed by atoms with Crippen LogP contribution >= 0.6 is 0 Å². The number of hydrogen-bond acceptors (Lipinski definition) is 3. The van der Waals surface area contributed by atoms with Gasteiger partial charge >= 0.3 is 0 Å². The first-order valence-corrected chi connectivity index (χ1v) is 6.86. The van der Waals surface area contributed by atoms with E-state index in [0.717, 1.165) is 25.1 Å². The first-order valence-electron chi connectivity index (χ1n) is 6.86. The van der Waals surface area contributed by atoms with E-state index >= 15 is 0 Å². The van der Waals surface area contributed by atoms with Crippen molar-refractivity contribution in [2.75, 3.05) is 19.6 Å². The van der Waals surface area contributed by atoms with Crippen molar-refractivity contribution < 1.29 is 9.90 Å². The van der Waals surface area contributed by atoms with E-state index in [4.69, 9.17) is 0 Å². The zero-order valence-electron chi connectivity index (χ0n) is 11.6. The van der Waals surface area contributed by atoms with Crippen LogP contribution in [0.5, 0.6) is 5.75 Å². The third-order valence-electron chi connectivity index (χ3n) is 3.88. The van der Waals surface area contributed by atoms with E-state index in [9.17, 15) is 9.90 Å². The van der Waals surface area contributed by atoms with Gasteiger partial charge in [0.15, 0.2) is 0 Å². The number of rotatable bonds is 3. The highest BCUT2D eigenvalue weighted by Crippen LogP contribution is 2.20. The lowest BCUT2D eigenvalue weighted by atomic mass is 9.88. The number of aryl methyl sites for hydroxylation is 1. The molecule has 1 amide bonds. The Morgan fingerprint density at radius 2 is 2.32 bits per heavy atom. The molecule has 2 rings (SSSR count). The van der Waals surface area contributed by atoms with Gasteiger partial charge in [-0.05, 0) is 50.4 Å². The number of piperidine rings is 1. The van der Waals surface area contributed by atoms with Crippen LogP contribution in [0.2, 0.25) is 0 Å². The van der Waals surface area contributed by atoms with Crippen molar-refractivity contribution in [2.24, 2.45) is 11.8 Å². The highest BCUT2D eigenvalue weighted by Gasteiger charge is 2.22. The van der Waals surface area contributed by atoms with Crippen LogP contribution in [0.3, 0.4) is 0 Å². The van der Waals surface area contributed by atoms with Crippen molar-refractivity contribution in [1.29, 1.82) is 0 Å². The molecular weight excluding hydrogens is 240 g/mol. The maximum Gasteiger partial charge on any atom is 0.255 e. The number of hydrogen-bond donors (Lipinski definition) is 3. The number of phenols is 1. The minimum Gasteiger partial charge on any atom is -0.507 e. The Hall–Kier alpha value is -1.55. The maximum atomic E-state index is 12.1. The van der Waals surface area contributed by atoms with Crippen LogP contribution in [-0.4, -0.2) is 30.6 Å². The molecule has 4 nitrogen and oxygen atoms in total. The smallest absolute Gasteiger partial charge is 0.255 e. The second-order valence-electron chi connectivity index (χ2n) is 5.46. The lowest BCUT2D eigenvalue weighted by Crippen LogP contribution is -2.41. The van der Waals surface area contributed by atoms with Gasteiger partial charge in [0.05, 0.1) is 5.56 Å². The molecule has 1 heterocycles. The summed E-state index contributed by atoms with van der Waals surface area (Å²) in [5, 5.41) is 16.0. The maximum absolute atomic E-state index is 12.1. The van der Waals surface area contributed by atoms with Gasteiger partial charge in [-0.15, -0.1) is 0 Å². The summed E-state index contributed by atoms with van der Waals surface area (Å²) in [7, 11) is 0. The van der Waals surface area contributed by atoms with E-state index in [2.05, 4.69) is 17.6 Å². The van der Waals surface area contributed by atoms with Crippen LogP contribution in [0.25, 0.3) is 0 Å². The van der Waals surface area contributed by atoms with Gasteiger partial charge in [0.25, 0.3) is 5.91 Å². The Morgan fingerprint density at radius 3 is 3.05 bits per heavy atom. The number of amides is 1. The summed E-state index contributed by atoms with van der Waals surface area (Å²) >= 11 is 0. The van der Waals surface area contributed by atoms with Crippen LogP contribution in [0.4, 0.5) is 0 Å². The van der Waals surface area contributed by atoms with Crippen LogP contribution in [-0.2, 0) is 0 Å². The van der Waals surface area contributed by atoms with Crippen molar-refractivity contribution >= 4 is 5.91 Å². The first kappa shape index (κ1) is 13.9. The normalized spacial score (nSPS) is 23.1. The summed E-state index contributed by atoms with van der Waals surface area (Å²) in [5.41, 5.74) is 1.33. The van der Waals surface area contributed by atoms with Gasteiger partial charge in [0.2, 0.25) is 0 Å². The average Bonchev–Trinajstić information content (AvgIpc) is 2.40. The Labute approximate surface area is 114 Å². The predicted molar refractivity (Wildman–Crippen MR) is 75.3 cm³/mol. The van der Waals surface area contributed by atoms with Gasteiger partial charge in [0, 0.05) is 6.54 Å². The summed E-state index contributed by atoms with van der Waals surface area (Å²) in [6.07, 6.45) is 1.08. The highest BCUT2D eigenvalue weighted by atomic mass is 16.3. The van der Waals surface area contributed by atoms with Gasteiger partial charge in [-0.2, -0.15) is 0 Å². The van der Waals surface area contributed by atoms with Crippen molar-refractivity contribution in [3.8, 4) is 5.75 Å². The van der Waals surface area contributed by atoms with E-state index < -0.39 is 0 Å². The van der Waals surface area contributed by atoms with Gasteiger partial charge < -0.3 is 15.7 Å². The lowest BCUT2D eigenvalue weighted by Gasteiger charge is -2.29. The van der Waals surface area contributed by atoms with E-state index in [1.165, 1.54) is 0 Å². The number of benzene rings is 1. The fourth-order valence-corrected chi connectivity index (χ4v) is 2.52. The molecule has 0 spiro atoms. The van der Waals surface area contributed by atoms with Crippen molar-refractivity contribution in [1.82, 2.24) is 10.6 Å². The van der Waals surface area contributed by atoms with Gasteiger partial charge in [-0.25, -0.2) is 0 Å². The Bertz CT molecular complexity index is 459. The summed E-state index contributed by atoms with van der Waals surface area (Å²) in [4.78, 5) is 12.1. The molecule has 0 aliphatic carbocycles. The zero-order chi connectivity index (χ0) is 13.8. The van der Waals surface area contributed by atoms with E-state index in [1.807, 2.05) is 6.92 Å². The molecule has 19 heavy (non-hydrogen) atoms. The van der Waals surface area contributed by atoms with E-state index in [-0.39, 0.29) is 11.7 Å². The van der Waals surface area contributed by atoms with Crippen molar-refractivity contribution in [3.63, 3.8) is 0 Å². The first-order chi connectivity index (χ1) is 9.08. The molecular formula is C15H22N2O2. The molecule has 2 atom stereocenters. The van der Waals surface area contributed by atoms with Crippen LogP contribution in [0.1, 0.15) is 29.3 Å². The topological polar surface area (TPSA) is 61.4 Å². The summed E-state index contributed by atoms with van der Waals surface area (Å²) in [5.74, 6) is 0.936. The predicted octanol–water partition coefficient (Wildman–Crippen LogP) is 1.68. The molecule has 1 aromatic rings. The summed E-state index contributed by atoms with van der Waals surface area (Å²) in [6, 6.07) is 5.08. The molecule has 3 N–H and O–H groups in total. The number of aromatic hydroxyl groups is 1. The monoisotopic (exact) mass is 262 g/mol. The molecule has 104 valence electrons. The van der Waals surface area contributed by atoms with Crippen molar-refractivity contribution in [2.45, 2.75) is 20.3 Å². The third-order valence-corrected chi connectivity index (χ3v) is 3.88. The van der Waals surface area contributed by atoms with E-state index in [1.54, 1.807) is 18.2 Å². The summed E-state index contributed by atoms with van der Waals surface area (Å²) in [6.45, 7) is 6.81. The lowest BCUT2D eigenvalue weighted by molar-refractivity contribution is 0.0935. The Balaban J connectivity index is 1.95. The Morgan fingerprint density at radius 1 is 1.53 bits per heavy atom. The number of carbonyl (C=O) groups is 1. The average molecular weight is 262 g/mol. The largest absolute Gasteiger partial charge is 0.507 e. The van der Waals surface area contributed by atoms with Crippen molar-refractivity contribution in [3.05, 3.63) is 29.3 Å². The molecule has 1 aliphatic heterocycles. The van der Waals surface area contributed by atoms with Crippen LogP contribution in [0.15, 0.2) is 18.2 Å². The number of phenolic OH excluding ortho intramolecular Hbond substituents is 1. The Kier molecular flexibility index (Phi) is 4.43. The van der Waals surface area contributed by atoms with Gasteiger partial charge in [0.1, 0.15) is 5.75 Å². The molecule has 4 heteroatoms. The fraction of sp³-hybridized carbons (Fsp3) is 0.533. The molecule has 0 aromatic heterocycles. The molecule has 1 fully saturated rings. The van der Waals surface area contributed by atoms with Gasteiger partial charge in [-0.3, -0.25) is 4.79 Å². The molecule has 1 saturated heterocycles. The second-order valence-corrected chi connectivity index (χ2v) is 5.46. The molecule has 1 aliphatic rings. The highest BCUT2D eigenvalue weighted by molar-refractivity contribution is 5.96. The third kappa shape index (κ3) is 3.47. The number of carbonyl (C=O) groups excluding carboxylic acids is 1. The quantitative estimate of drug-likeness (QED) is 0.776. The number of nitrogens with one attached hydrogen (secondary N) is 2. The second kappa shape index (κ2) is 6.06. The summed E-state index contributed by atoms with van der Waals surface area (Å²) < 4.78 is 0. The van der Waals surface area contributed by atoms with E-state index in [0.29, 0.717) is 23.9 Å². The standard InChI is InChI=1S/C15H22N2O2/c1-10-3-4-14(18)13(7-10)15(19)17-9-12-5-6-16-8-11(12)2/h3-4,7,11-12,16,18H,5-6,8-9H2,1-2H3,(H,17,19). The van der Waals surface area contributed by atoms with Crippen LogP contribution in [0, 0.1) is 18.8 Å². The molecule has 0 saturated carbocycles.